The van der Waals surface area contributed by atoms with Gasteiger partial charge in [-0.3, -0.25) is 0 Å². The molecule has 1 aromatic carbocycles. The average molecular weight is 304 g/mol. The number of benzene rings is 1. The van der Waals surface area contributed by atoms with Crippen molar-refractivity contribution in [1.82, 2.24) is 0 Å². The molecule has 1 rings (SSSR count). The second-order valence-electron chi connectivity index (χ2n) is 3.89. The van der Waals surface area contributed by atoms with Crippen molar-refractivity contribution in [3.63, 3.8) is 0 Å². The average Bonchev–Trinajstić information content (AvgIpc) is 2.36. The van der Waals surface area contributed by atoms with Crippen LogP contribution in [0.5, 0.6) is 11.5 Å². The molecule has 0 saturated heterocycles. The van der Waals surface area contributed by atoms with Gasteiger partial charge in [0.15, 0.2) is 11.5 Å². The number of halogens is 1. The van der Waals surface area contributed by atoms with Crippen molar-refractivity contribution < 1.29 is 14.6 Å². The van der Waals surface area contributed by atoms with Crippen LogP contribution in [0.3, 0.4) is 0 Å². The first kappa shape index (κ1) is 14.3. The van der Waals surface area contributed by atoms with E-state index >= 15 is 0 Å². The number of rotatable bonds is 5. The molecule has 0 aliphatic rings. The maximum atomic E-state index is 10.1. The molecule has 0 aliphatic carbocycles. The second-order valence-corrected chi connectivity index (χ2v) is 4.74. The van der Waals surface area contributed by atoms with Crippen LogP contribution in [0, 0.1) is 5.92 Å². The van der Waals surface area contributed by atoms with Gasteiger partial charge in [0.1, 0.15) is 0 Å². The minimum atomic E-state index is -0.630. The highest BCUT2D eigenvalue weighted by Crippen LogP contribution is 2.37. The summed E-state index contributed by atoms with van der Waals surface area (Å²) in [5, 5.41) is 10.1. The number of aliphatic hydroxyl groups is 1. The molecule has 3 N–H and O–H groups in total. The molecule has 0 amide bonds. The van der Waals surface area contributed by atoms with Gasteiger partial charge >= 0.3 is 0 Å². The molecule has 0 aromatic heterocycles. The Morgan fingerprint density at radius 3 is 2.29 bits per heavy atom. The van der Waals surface area contributed by atoms with Crippen LogP contribution in [0.25, 0.3) is 0 Å². The minimum Gasteiger partial charge on any atom is -0.493 e. The fraction of sp³-hybridized carbons (Fsp3) is 0.500. The van der Waals surface area contributed by atoms with Crippen molar-refractivity contribution in [2.24, 2.45) is 11.7 Å². The van der Waals surface area contributed by atoms with Crippen LogP contribution in [0.4, 0.5) is 0 Å². The first-order chi connectivity index (χ1) is 8.04. The molecule has 0 bridgehead atoms. The van der Waals surface area contributed by atoms with Crippen molar-refractivity contribution in [3.05, 3.63) is 22.2 Å². The summed E-state index contributed by atoms with van der Waals surface area (Å²) in [6.45, 7) is 2.32. The maximum Gasteiger partial charge on any atom is 0.161 e. The van der Waals surface area contributed by atoms with Crippen molar-refractivity contribution in [3.8, 4) is 11.5 Å². The summed E-state index contributed by atoms with van der Waals surface area (Å²) in [5.74, 6) is 1.19. The highest BCUT2D eigenvalue weighted by Gasteiger charge is 2.20. The predicted molar refractivity (Wildman–Crippen MR) is 70.4 cm³/mol. The highest BCUT2D eigenvalue weighted by atomic mass is 79.9. The van der Waals surface area contributed by atoms with E-state index < -0.39 is 6.10 Å². The van der Waals surface area contributed by atoms with Gasteiger partial charge in [-0.2, -0.15) is 0 Å². The van der Waals surface area contributed by atoms with E-state index in [0.717, 1.165) is 10.0 Å². The van der Waals surface area contributed by atoms with Crippen LogP contribution < -0.4 is 15.2 Å². The third-order valence-electron chi connectivity index (χ3n) is 2.73. The Morgan fingerprint density at radius 1 is 1.29 bits per heavy atom. The number of hydrogen-bond donors (Lipinski definition) is 2. The molecule has 17 heavy (non-hydrogen) atoms. The smallest absolute Gasteiger partial charge is 0.161 e. The van der Waals surface area contributed by atoms with Crippen molar-refractivity contribution >= 4 is 15.9 Å². The van der Waals surface area contributed by atoms with Crippen molar-refractivity contribution in [1.29, 1.82) is 0 Å². The summed E-state index contributed by atoms with van der Waals surface area (Å²) in [7, 11) is 3.14. The zero-order valence-corrected chi connectivity index (χ0v) is 11.8. The Morgan fingerprint density at radius 2 is 1.82 bits per heavy atom. The lowest BCUT2D eigenvalue weighted by molar-refractivity contribution is 0.120. The first-order valence-corrected chi connectivity index (χ1v) is 6.14. The number of ether oxygens (including phenoxy) is 2. The van der Waals surface area contributed by atoms with E-state index in [-0.39, 0.29) is 5.92 Å². The topological polar surface area (TPSA) is 64.7 Å². The van der Waals surface area contributed by atoms with E-state index in [1.807, 2.05) is 6.92 Å². The molecule has 0 fully saturated rings. The Bertz CT molecular complexity index is 384. The van der Waals surface area contributed by atoms with Gasteiger partial charge in [-0.1, -0.05) is 22.9 Å². The summed E-state index contributed by atoms with van der Waals surface area (Å²) < 4.78 is 11.2. The summed E-state index contributed by atoms with van der Waals surface area (Å²) in [4.78, 5) is 0. The molecule has 2 atom stereocenters. The molecule has 0 spiro atoms. The van der Waals surface area contributed by atoms with Gasteiger partial charge in [0.2, 0.25) is 0 Å². The lowest BCUT2D eigenvalue weighted by Crippen LogP contribution is -2.19. The third kappa shape index (κ3) is 3.12. The number of hydrogen-bond acceptors (Lipinski definition) is 4. The van der Waals surface area contributed by atoms with Crippen LogP contribution in [-0.4, -0.2) is 25.9 Å². The van der Waals surface area contributed by atoms with Crippen LogP contribution in [0.15, 0.2) is 16.6 Å². The Balaban J connectivity index is 3.16. The molecule has 0 aliphatic heterocycles. The van der Waals surface area contributed by atoms with Gasteiger partial charge < -0.3 is 20.3 Å². The van der Waals surface area contributed by atoms with Gasteiger partial charge in [0, 0.05) is 4.47 Å². The Labute approximate surface area is 110 Å². The molecule has 0 radical (unpaired) electrons. The fourth-order valence-corrected chi connectivity index (χ4v) is 2.09. The molecule has 2 unspecified atom stereocenters. The molecule has 0 heterocycles. The lowest BCUT2D eigenvalue weighted by Gasteiger charge is -2.20. The van der Waals surface area contributed by atoms with Crippen molar-refractivity contribution in [2.75, 3.05) is 20.8 Å². The quantitative estimate of drug-likeness (QED) is 0.874. The summed E-state index contributed by atoms with van der Waals surface area (Å²) in [6.07, 6.45) is -0.630. The Hall–Kier alpha value is -0.780. The van der Waals surface area contributed by atoms with Crippen LogP contribution >= 0.6 is 15.9 Å². The van der Waals surface area contributed by atoms with E-state index in [9.17, 15) is 5.11 Å². The van der Waals surface area contributed by atoms with Crippen LogP contribution in [0.1, 0.15) is 18.6 Å². The summed E-state index contributed by atoms with van der Waals surface area (Å²) in [6, 6.07) is 3.54. The maximum absolute atomic E-state index is 10.1. The van der Waals surface area contributed by atoms with E-state index in [1.54, 1.807) is 26.4 Å². The Kier molecular flexibility index (Phi) is 5.24. The van der Waals surface area contributed by atoms with Gasteiger partial charge in [0.05, 0.1) is 20.3 Å². The largest absolute Gasteiger partial charge is 0.493 e. The van der Waals surface area contributed by atoms with Gasteiger partial charge in [-0.25, -0.2) is 0 Å². The van der Waals surface area contributed by atoms with Gasteiger partial charge in [-0.15, -0.1) is 0 Å². The van der Waals surface area contributed by atoms with Crippen molar-refractivity contribution in [2.45, 2.75) is 13.0 Å². The van der Waals surface area contributed by atoms with Crippen LogP contribution in [0.2, 0.25) is 0 Å². The van der Waals surface area contributed by atoms with Gasteiger partial charge in [0.25, 0.3) is 0 Å². The molecule has 5 heteroatoms. The summed E-state index contributed by atoms with van der Waals surface area (Å²) >= 11 is 3.41. The molecular weight excluding hydrogens is 286 g/mol. The highest BCUT2D eigenvalue weighted by molar-refractivity contribution is 9.10. The number of methoxy groups -OCH3 is 2. The molecule has 1 aromatic rings. The fourth-order valence-electron chi connectivity index (χ4n) is 1.53. The number of aliphatic hydroxyl groups excluding tert-OH is 1. The minimum absolute atomic E-state index is 0.0237. The van der Waals surface area contributed by atoms with E-state index in [2.05, 4.69) is 15.9 Å². The van der Waals surface area contributed by atoms with E-state index in [1.165, 1.54) is 0 Å². The molecule has 0 saturated carbocycles. The lowest BCUT2D eigenvalue weighted by atomic mass is 9.97. The zero-order valence-electron chi connectivity index (χ0n) is 10.2. The van der Waals surface area contributed by atoms with E-state index in [4.69, 9.17) is 15.2 Å². The zero-order chi connectivity index (χ0) is 13.0. The van der Waals surface area contributed by atoms with Gasteiger partial charge in [-0.05, 0) is 30.2 Å². The van der Waals surface area contributed by atoms with E-state index in [0.29, 0.717) is 18.0 Å². The third-order valence-corrected chi connectivity index (χ3v) is 3.42. The monoisotopic (exact) mass is 303 g/mol. The van der Waals surface area contributed by atoms with Crippen LogP contribution in [-0.2, 0) is 0 Å². The second kappa shape index (κ2) is 6.23. The first-order valence-electron chi connectivity index (χ1n) is 5.34. The molecule has 4 nitrogen and oxygen atoms in total. The standard InChI is InChI=1S/C12H18BrNO3/c1-7(6-14)12(15)8-4-10(16-2)11(17-3)5-9(8)13/h4-5,7,12,15H,6,14H2,1-3H3. The predicted octanol–water partition coefficient (Wildman–Crippen LogP) is 2.09. The SMILES string of the molecule is COc1cc(Br)c(C(O)C(C)CN)cc1OC. The normalized spacial score (nSPS) is 14.2. The molecule has 96 valence electrons. The molecular formula is C12H18BrNO3. The summed E-state index contributed by atoms with van der Waals surface area (Å²) in [5.41, 5.74) is 6.31. The number of nitrogens with two attached hydrogens (primary N) is 1.